The molecule has 1 aliphatic rings. The quantitative estimate of drug-likeness (QED) is 0.212. The fourth-order valence-corrected chi connectivity index (χ4v) is 4.81. The molecule has 0 radical (unpaired) electrons. The number of aliphatic imine (C=N–C) groups is 1. The highest BCUT2D eigenvalue weighted by Gasteiger charge is 2.15. The Morgan fingerprint density at radius 3 is 2.69 bits per heavy atom. The van der Waals surface area contributed by atoms with Crippen LogP contribution in [0, 0.1) is 3.95 Å². The van der Waals surface area contributed by atoms with E-state index < -0.39 is 0 Å². The molecule has 1 aliphatic heterocycles. The topological polar surface area (TPSA) is 86.9 Å². The summed E-state index contributed by atoms with van der Waals surface area (Å²) in [6.45, 7) is 0.606. The Balaban J connectivity index is 1.28. The molecule has 6 nitrogen and oxygen atoms in total. The zero-order chi connectivity index (χ0) is 22.5. The maximum Gasteiger partial charge on any atom is 0.224 e. The van der Waals surface area contributed by atoms with Crippen LogP contribution in [0.25, 0.3) is 11.6 Å². The SMILES string of the molecule is O=C(CCCCCn1c(O)c(/C=C2/C=Nc3ccccc32)sc1=S)Nc1ccc(O)cc1. The number of amides is 1. The number of fused-ring (bicyclic) bond motifs is 1. The van der Waals surface area contributed by atoms with Crippen LogP contribution in [0.5, 0.6) is 11.6 Å². The maximum absolute atomic E-state index is 12.0. The minimum Gasteiger partial charge on any atom is -0.508 e. The minimum atomic E-state index is -0.0573. The Labute approximate surface area is 195 Å². The summed E-state index contributed by atoms with van der Waals surface area (Å²) in [4.78, 5) is 17.2. The van der Waals surface area contributed by atoms with E-state index in [9.17, 15) is 15.0 Å². The number of phenols is 1. The number of rotatable bonds is 8. The average molecular weight is 466 g/mol. The third-order valence-corrected chi connectivity index (χ3v) is 6.56. The van der Waals surface area contributed by atoms with E-state index in [-0.39, 0.29) is 17.5 Å². The number of nitrogens with zero attached hydrogens (tertiary/aromatic N) is 2. The van der Waals surface area contributed by atoms with Crippen molar-refractivity contribution in [3.8, 4) is 11.6 Å². The third kappa shape index (κ3) is 5.15. The summed E-state index contributed by atoms with van der Waals surface area (Å²) in [5.41, 5.74) is 3.59. The molecule has 0 atom stereocenters. The van der Waals surface area contributed by atoms with Crippen LogP contribution in [-0.2, 0) is 11.3 Å². The van der Waals surface area contributed by atoms with Crippen LogP contribution in [0.2, 0.25) is 0 Å². The number of phenolic OH excluding ortho intramolecular Hbond substituents is 1. The molecule has 4 rings (SSSR count). The zero-order valence-electron chi connectivity index (χ0n) is 17.3. The van der Waals surface area contributed by atoms with E-state index in [1.807, 2.05) is 30.3 Å². The smallest absolute Gasteiger partial charge is 0.224 e. The molecule has 3 N–H and O–H groups in total. The number of hydrogen-bond donors (Lipinski definition) is 3. The van der Waals surface area contributed by atoms with E-state index in [4.69, 9.17) is 12.2 Å². The van der Waals surface area contributed by atoms with Gasteiger partial charge in [-0.3, -0.25) is 14.4 Å². The summed E-state index contributed by atoms with van der Waals surface area (Å²) in [5, 5.41) is 22.8. The number of benzene rings is 2. The van der Waals surface area contributed by atoms with E-state index in [1.165, 1.54) is 23.5 Å². The number of thiazole rings is 1. The van der Waals surface area contributed by atoms with E-state index in [0.29, 0.717) is 22.6 Å². The molecule has 0 fully saturated rings. The van der Waals surface area contributed by atoms with Gasteiger partial charge in [-0.2, -0.15) is 0 Å². The predicted molar refractivity (Wildman–Crippen MR) is 132 cm³/mol. The van der Waals surface area contributed by atoms with Gasteiger partial charge >= 0.3 is 0 Å². The molecule has 0 bridgehead atoms. The lowest BCUT2D eigenvalue weighted by atomic mass is 10.1. The second-order valence-electron chi connectivity index (χ2n) is 7.49. The molecule has 2 heterocycles. The number of aromatic nitrogens is 1. The van der Waals surface area contributed by atoms with Crippen LogP contribution in [0.4, 0.5) is 11.4 Å². The Hall–Kier alpha value is -3.23. The van der Waals surface area contributed by atoms with Gasteiger partial charge < -0.3 is 15.5 Å². The summed E-state index contributed by atoms with van der Waals surface area (Å²) >= 11 is 6.84. The molecular weight excluding hydrogens is 442 g/mol. The first-order valence-electron chi connectivity index (χ1n) is 10.4. The van der Waals surface area contributed by atoms with E-state index in [2.05, 4.69) is 10.3 Å². The van der Waals surface area contributed by atoms with Gasteiger partial charge in [-0.15, -0.1) is 11.3 Å². The number of nitrogens with one attached hydrogen (secondary N) is 1. The van der Waals surface area contributed by atoms with Crippen molar-refractivity contribution < 1.29 is 15.0 Å². The van der Waals surface area contributed by atoms with Crippen LogP contribution in [0.1, 0.15) is 36.1 Å². The van der Waals surface area contributed by atoms with Crippen molar-refractivity contribution in [3.63, 3.8) is 0 Å². The molecule has 1 amide bonds. The molecule has 164 valence electrons. The van der Waals surface area contributed by atoms with Crippen molar-refractivity contribution >= 4 is 58.7 Å². The molecule has 0 saturated heterocycles. The molecule has 32 heavy (non-hydrogen) atoms. The summed E-state index contributed by atoms with van der Waals surface area (Å²) in [7, 11) is 0. The lowest BCUT2D eigenvalue weighted by molar-refractivity contribution is -0.116. The Kier molecular flexibility index (Phi) is 6.82. The second kappa shape index (κ2) is 9.93. The maximum atomic E-state index is 12.0. The molecule has 0 unspecified atom stereocenters. The molecule has 1 aromatic heterocycles. The zero-order valence-corrected chi connectivity index (χ0v) is 19.0. The van der Waals surface area contributed by atoms with Crippen molar-refractivity contribution in [2.75, 3.05) is 5.32 Å². The summed E-state index contributed by atoms with van der Waals surface area (Å²) in [5.74, 6) is 0.285. The molecular formula is C24H23N3O3S2. The number of anilines is 1. The molecule has 2 aromatic carbocycles. The van der Waals surface area contributed by atoms with Crippen molar-refractivity contribution in [1.29, 1.82) is 0 Å². The van der Waals surface area contributed by atoms with Gasteiger partial charge in [0.2, 0.25) is 11.8 Å². The third-order valence-electron chi connectivity index (χ3n) is 5.17. The Morgan fingerprint density at radius 2 is 1.88 bits per heavy atom. The Morgan fingerprint density at radius 1 is 1.09 bits per heavy atom. The highest BCUT2D eigenvalue weighted by atomic mass is 32.1. The van der Waals surface area contributed by atoms with Crippen molar-refractivity contribution in [3.05, 3.63) is 62.9 Å². The number of unbranched alkanes of at least 4 members (excludes halogenated alkanes) is 2. The average Bonchev–Trinajstić information content (AvgIpc) is 3.31. The van der Waals surface area contributed by atoms with Gasteiger partial charge in [0.15, 0.2) is 3.95 Å². The monoisotopic (exact) mass is 465 g/mol. The number of aromatic hydroxyl groups is 2. The van der Waals surface area contributed by atoms with E-state index >= 15 is 0 Å². The number of hydrogen-bond acceptors (Lipinski definition) is 6. The first-order valence-corrected chi connectivity index (χ1v) is 11.6. The molecule has 0 aliphatic carbocycles. The summed E-state index contributed by atoms with van der Waals surface area (Å²) in [6.07, 6.45) is 6.54. The predicted octanol–water partition coefficient (Wildman–Crippen LogP) is 6.15. The lowest BCUT2D eigenvalue weighted by Crippen LogP contribution is -2.11. The Bertz CT molecular complexity index is 1240. The standard InChI is InChI=1S/C24H23N3O3S2/c28-18-11-9-17(10-12-18)26-22(29)8-2-1-5-13-27-23(30)21(32-24(27)31)14-16-15-25-20-7-4-3-6-19(16)20/h3-4,6-7,9-12,14-15,28,30H,1-2,5,8,13H2,(H,26,29)/b16-14-. The van der Waals surface area contributed by atoms with Crippen LogP contribution in [0.3, 0.4) is 0 Å². The summed E-state index contributed by atoms with van der Waals surface area (Å²) in [6, 6.07) is 14.3. The molecule has 0 spiro atoms. The largest absolute Gasteiger partial charge is 0.508 e. The van der Waals surface area contributed by atoms with Gasteiger partial charge in [-0.1, -0.05) is 24.6 Å². The van der Waals surface area contributed by atoms with Gasteiger partial charge in [0.1, 0.15) is 5.75 Å². The van der Waals surface area contributed by atoms with Gasteiger partial charge in [0.05, 0.1) is 10.6 Å². The lowest BCUT2D eigenvalue weighted by Gasteiger charge is -2.07. The van der Waals surface area contributed by atoms with Gasteiger partial charge in [-0.05, 0) is 61.5 Å². The van der Waals surface area contributed by atoms with Crippen LogP contribution in [0.15, 0.2) is 53.5 Å². The van der Waals surface area contributed by atoms with Crippen molar-refractivity contribution in [2.24, 2.45) is 4.99 Å². The molecule has 3 aromatic rings. The fraction of sp³-hybridized carbons (Fsp3) is 0.208. The van der Waals surface area contributed by atoms with Crippen molar-refractivity contribution in [1.82, 2.24) is 4.57 Å². The van der Waals surface area contributed by atoms with E-state index in [1.54, 1.807) is 22.9 Å². The fourth-order valence-electron chi connectivity index (χ4n) is 3.50. The normalized spacial score (nSPS) is 13.4. The molecule has 0 saturated carbocycles. The first kappa shape index (κ1) is 22.0. The van der Waals surface area contributed by atoms with Gasteiger partial charge in [0.25, 0.3) is 0 Å². The highest BCUT2D eigenvalue weighted by molar-refractivity contribution is 7.73. The van der Waals surface area contributed by atoms with Crippen LogP contribution in [-0.4, -0.2) is 26.9 Å². The number of carbonyl (C=O) groups is 1. The number of allylic oxidation sites excluding steroid dienone is 1. The van der Waals surface area contributed by atoms with Crippen LogP contribution < -0.4 is 5.32 Å². The van der Waals surface area contributed by atoms with Crippen LogP contribution >= 0.6 is 23.6 Å². The van der Waals surface area contributed by atoms with E-state index in [0.717, 1.165) is 41.0 Å². The van der Waals surface area contributed by atoms with Gasteiger partial charge in [-0.25, -0.2) is 0 Å². The van der Waals surface area contributed by atoms with Gasteiger partial charge in [0, 0.05) is 36.0 Å². The number of para-hydroxylation sites is 1. The number of carbonyl (C=O) groups excluding carboxylic acids is 1. The summed E-state index contributed by atoms with van der Waals surface area (Å²) < 4.78 is 2.38. The molecule has 8 heteroatoms. The second-order valence-corrected chi connectivity index (χ2v) is 9.16. The minimum absolute atomic E-state index is 0.0573. The highest BCUT2D eigenvalue weighted by Crippen LogP contribution is 2.35. The van der Waals surface area contributed by atoms with Crippen molar-refractivity contribution in [2.45, 2.75) is 32.2 Å². The first-order chi connectivity index (χ1) is 15.5.